The van der Waals surface area contributed by atoms with Gasteiger partial charge in [-0.05, 0) is 34.8 Å². The topological polar surface area (TPSA) is 182 Å². The van der Waals surface area contributed by atoms with Gasteiger partial charge >= 0.3 is 29.8 Å². The van der Waals surface area contributed by atoms with Gasteiger partial charge in [-0.15, -0.1) is 11.8 Å². The molecule has 0 spiro atoms. The van der Waals surface area contributed by atoms with E-state index in [1.54, 1.807) is 0 Å². The quantitative estimate of drug-likeness (QED) is 0.215. The van der Waals surface area contributed by atoms with E-state index in [0.717, 1.165) is 51.4 Å². The summed E-state index contributed by atoms with van der Waals surface area (Å²) in [4.78, 5) is 55.4. The van der Waals surface area contributed by atoms with Crippen molar-refractivity contribution in [3.8, 4) is 0 Å². The van der Waals surface area contributed by atoms with Gasteiger partial charge in [0, 0.05) is 81.1 Å². The number of piperazine rings is 1. The first-order valence-corrected chi connectivity index (χ1v) is 15.3. The van der Waals surface area contributed by atoms with Gasteiger partial charge in [0.25, 0.3) is 0 Å². The number of benzene rings is 2. The summed E-state index contributed by atoms with van der Waals surface area (Å²) in [5, 5.41) is 31.2. The molecule has 2 aromatic rings. The largest absolute Gasteiger partial charge is 0.478 e. The summed E-state index contributed by atoms with van der Waals surface area (Å²) in [5.41, 5.74) is 5.55. The smallest absolute Gasteiger partial charge is 0.328 e. The minimum Gasteiger partial charge on any atom is -0.478 e. The summed E-state index contributed by atoms with van der Waals surface area (Å²) < 4.78 is 5.07. The van der Waals surface area contributed by atoms with Crippen molar-refractivity contribution in [2.75, 3.05) is 45.9 Å². The van der Waals surface area contributed by atoms with E-state index in [9.17, 15) is 24.0 Å². The van der Waals surface area contributed by atoms with Gasteiger partial charge in [-0.25, -0.2) is 19.2 Å². The molecular formula is C33H38N2O10S. The number of esters is 1. The molecule has 0 bridgehead atoms. The summed E-state index contributed by atoms with van der Waals surface area (Å²) in [7, 11) is 0. The molecule has 2 heterocycles. The Balaban J connectivity index is 0.000000381. The molecule has 0 aliphatic carbocycles. The van der Waals surface area contributed by atoms with E-state index in [4.69, 9.17) is 25.2 Å². The second-order valence-electron chi connectivity index (χ2n) is 9.89. The number of fused-ring (bicyclic) bond motifs is 2. The SMILES string of the molecule is CC(=O)OCCN1CCN(CC/C=C2/c3ccccc3CSc3ccccc32)CC1.O=C(O)/C=C\C(=O)O.O=C(O)/C=C\C(=O)O. The molecule has 4 N–H and O–H groups in total. The van der Waals surface area contributed by atoms with E-state index in [1.807, 2.05) is 11.8 Å². The van der Waals surface area contributed by atoms with Crippen LogP contribution in [0.1, 0.15) is 30.0 Å². The predicted molar refractivity (Wildman–Crippen MR) is 172 cm³/mol. The summed E-state index contributed by atoms with van der Waals surface area (Å²) in [6.07, 6.45) is 5.72. The predicted octanol–water partition coefficient (Wildman–Crippen LogP) is 3.72. The first-order chi connectivity index (χ1) is 22.0. The average Bonchev–Trinajstić information content (AvgIpc) is 3.17. The number of ether oxygens (including phenoxy) is 1. The van der Waals surface area contributed by atoms with Gasteiger partial charge < -0.3 is 30.1 Å². The first kappa shape index (κ1) is 37.5. The fourth-order valence-electron chi connectivity index (χ4n) is 4.48. The minimum absolute atomic E-state index is 0.193. The number of hydrogen-bond donors (Lipinski definition) is 4. The molecule has 1 fully saturated rings. The number of carboxylic acid groups (broad SMARTS) is 4. The number of carboxylic acids is 4. The molecule has 0 saturated carbocycles. The van der Waals surface area contributed by atoms with Crippen LogP contribution >= 0.6 is 11.8 Å². The van der Waals surface area contributed by atoms with Crippen molar-refractivity contribution in [1.29, 1.82) is 0 Å². The van der Waals surface area contributed by atoms with Crippen molar-refractivity contribution in [2.45, 2.75) is 24.0 Å². The summed E-state index contributed by atoms with van der Waals surface area (Å²) in [6, 6.07) is 17.6. The highest BCUT2D eigenvalue weighted by Crippen LogP contribution is 2.40. The molecule has 0 unspecified atom stereocenters. The van der Waals surface area contributed by atoms with Crippen molar-refractivity contribution in [3.05, 3.63) is 95.6 Å². The molecule has 2 aliphatic rings. The molecule has 4 rings (SSSR count). The fraction of sp³-hybridized carbons (Fsp3) is 0.303. The Morgan fingerprint density at radius 1 is 0.717 bits per heavy atom. The van der Waals surface area contributed by atoms with Gasteiger partial charge in [-0.1, -0.05) is 48.5 Å². The molecule has 1 saturated heterocycles. The fourth-order valence-corrected chi connectivity index (χ4v) is 5.55. The summed E-state index contributed by atoms with van der Waals surface area (Å²) in [6.45, 7) is 8.12. The Bertz CT molecular complexity index is 1330. The maximum atomic E-state index is 10.9. The van der Waals surface area contributed by atoms with Crippen LogP contribution < -0.4 is 0 Å². The molecule has 246 valence electrons. The Morgan fingerprint density at radius 2 is 1.20 bits per heavy atom. The number of carbonyl (C=O) groups is 5. The number of rotatable bonds is 10. The van der Waals surface area contributed by atoms with E-state index < -0.39 is 23.9 Å². The second kappa shape index (κ2) is 20.3. The van der Waals surface area contributed by atoms with Crippen LogP contribution in [0.25, 0.3) is 5.57 Å². The maximum absolute atomic E-state index is 10.9. The molecule has 13 heteroatoms. The van der Waals surface area contributed by atoms with Crippen LogP contribution in [-0.4, -0.2) is 106 Å². The van der Waals surface area contributed by atoms with E-state index >= 15 is 0 Å². The number of aliphatic carboxylic acids is 4. The zero-order valence-electron chi connectivity index (χ0n) is 25.4. The first-order valence-electron chi connectivity index (χ1n) is 14.3. The highest BCUT2D eigenvalue weighted by Gasteiger charge is 2.19. The number of carbonyl (C=O) groups excluding carboxylic acids is 1. The van der Waals surface area contributed by atoms with Crippen molar-refractivity contribution in [2.24, 2.45) is 0 Å². The summed E-state index contributed by atoms with van der Waals surface area (Å²) in [5.74, 6) is -4.19. The maximum Gasteiger partial charge on any atom is 0.328 e. The molecule has 0 radical (unpaired) electrons. The number of hydrogen-bond acceptors (Lipinski definition) is 9. The molecule has 2 aromatic carbocycles. The zero-order valence-corrected chi connectivity index (χ0v) is 26.2. The van der Waals surface area contributed by atoms with Gasteiger partial charge in [0.05, 0.1) is 0 Å². The normalized spacial score (nSPS) is 15.4. The zero-order chi connectivity index (χ0) is 33.9. The lowest BCUT2D eigenvalue weighted by Crippen LogP contribution is -2.47. The van der Waals surface area contributed by atoms with Crippen LogP contribution in [0.3, 0.4) is 0 Å². The molecule has 0 amide bonds. The lowest BCUT2D eigenvalue weighted by atomic mass is 9.93. The Kier molecular flexibility index (Phi) is 16.6. The van der Waals surface area contributed by atoms with Gasteiger partial charge in [0.15, 0.2) is 0 Å². The van der Waals surface area contributed by atoms with E-state index in [1.165, 1.54) is 34.1 Å². The molecule has 2 aliphatic heterocycles. The van der Waals surface area contributed by atoms with Crippen LogP contribution in [0, 0.1) is 0 Å². The number of thioether (sulfide) groups is 1. The van der Waals surface area contributed by atoms with Crippen molar-refractivity contribution >= 4 is 47.2 Å². The van der Waals surface area contributed by atoms with Crippen LogP contribution in [-0.2, 0) is 34.5 Å². The van der Waals surface area contributed by atoms with Crippen LogP contribution in [0.2, 0.25) is 0 Å². The molecule has 46 heavy (non-hydrogen) atoms. The van der Waals surface area contributed by atoms with Gasteiger partial charge in [0.2, 0.25) is 0 Å². The van der Waals surface area contributed by atoms with Crippen molar-refractivity contribution in [1.82, 2.24) is 9.80 Å². The highest BCUT2D eigenvalue weighted by molar-refractivity contribution is 7.98. The van der Waals surface area contributed by atoms with Crippen molar-refractivity contribution < 1.29 is 49.1 Å². The van der Waals surface area contributed by atoms with Gasteiger partial charge in [-0.3, -0.25) is 9.69 Å². The standard InChI is InChI=1S/C25H30N2O2S.2C4H4O4/c1-20(28)29-18-17-27-15-13-26(14-16-27)12-6-10-23-22-8-3-2-7-21(22)19-30-25-11-5-4-9-24(23)25;2*5-3(6)1-2-4(7)8/h2-5,7-11H,6,12-19H2,1H3;2*1-2H,(H,5,6)(H,7,8)/b23-10-;2*2-1-. The summed E-state index contributed by atoms with van der Waals surface area (Å²) >= 11 is 1.94. The third-order valence-electron chi connectivity index (χ3n) is 6.58. The Labute approximate surface area is 271 Å². The van der Waals surface area contributed by atoms with Crippen LogP contribution in [0.5, 0.6) is 0 Å². The van der Waals surface area contributed by atoms with E-state index in [2.05, 4.69) is 64.4 Å². The Morgan fingerprint density at radius 3 is 1.72 bits per heavy atom. The molecule has 0 aromatic heterocycles. The lowest BCUT2D eigenvalue weighted by Gasteiger charge is -2.34. The molecule has 0 atom stereocenters. The average molecular weight is 655 g/mol. The van der Waals surface area contributed by atoms with Crippen LogP contribution in [0.4, 0.5) is 0 Å². The third-order valence-corrected chi connectivity index (χ3v) is 7.70. The van der Waals surface area contributed by atoms with Crippen LogP contribution in [0.15, 0.2) is 83.8 Å². The van der Waals surface area contributed by atoms with E-state index in [0.29, 0.717) is 30.9 Å². The van der Waals surface area contributed by atoms with E-state index in [-0.39, 0.29) is 5.97 Å². The lowest BCUT2D eigenvalue weighted by molar-refractivity contribution is -0.141. The second-order valence-corrected chi connectivity index (χ2v) is 10.9. The Hall–Kier alpha value is -4.72. The molecule has 12 nitrogen and oxygen atoms in total. The van der Waals surface area contributed by atoms with Gasteiger partial charge in [0.1, 0.15) is 6.61 Å². The highest BCUT2D eigenvalue weighted by atomic mass is 32.2. The number of nitrogens with zero attached hydrogens (tertiary/aromatic N) is 2. The third kappa shape index (κ3) is 14.8. The monoisotopic (exact) mass is 654 g/mol. The minimum atomic E-state index is -1.26. The van der Waals surface area contributed by atoms with Crippen molar-refractivity contribution in [3.63, 3.8) is 0 Å². The van der Waals surface area contributed by atoms with Gasteiger partial charge in [-0.2, -0.15) is 0 Å². The molecular weight excluding hydrogens is 616 g/mol.